The van der Waals surface area contributed by atoms with E-state index < -0.39 is 97.5 Å². The van der Waals surface area contributed by atoms with E-state index in [1.807, 2.05) is 0 Å². The molecule has 552 valence electrons. The van der Waals surface area contributed by atoms with E-state index in [9.17, 15) is 43.2 Å². The number of carbonyl (C=O) groups is 4. The van der Waals surface area contributed by atoms with Crippen molar-refractivity contribution in [3.05, 3.63) is 0 Å². The molecule has 0 aromatic rings. The maximum atomic E-state index is 13.0. The summed E-state index contributed by atoms with van der Waals surface area (Å²) in [6, 6.07) is 0. The molecule has 0 aliphatic heterocycles. The quantitative estimate of drug-likeness (QED) is 0.0222. The van der Waals surface area contributed by atoms with Gasteiger partial charge in [-0.15, -0.1) is 0 Å². The zero-order valence-corrected chi connectivity index (χ0v) is 62.7. The van der Waals surface area contributed by atoms with Crippen LogP contribution in [0.5, 0.6) is 0 Å². The van der Waals surface area contributed by atoms with Gasteiger partial charge in [-0.05, 0) is 49.4 Å². The summed E-state index contributed by atoms with van der Waals surface area (Å²) in [4.78, 5) is 72.7. The van der Waals surface area contributed by atoms with Crippen LogP contribution in [0.1, 0.15) is 370 Å². The number of hydrogen-bond acceptors (Lipinski definition) is 15. The summed E-state index contributed by atoms with van der Waals surface area (Å²) in [5.41, 5.74) is 0. The second-order valence-corrected chi connectivity index (χ2v) is 31.3. The van der Waals surface area contributed by atoms with Crippen LogP contribution in [0.4, 0.5) is 0 Å². The van der Waals surface area contributed by atoms with Crippen LogP contribution < -0.4 is 0 Å². The van der Waals surface area contributed by atoms with Crippen LogP contribution in [0.25, 0.3) is 0 Å². The summed E-state index contributed by atoms with van der Waals surface area (Å²) >= 11 is 0. The molecule has 0 saturated heterocycles. The summed E-state index contributed by atoms with van der Waals surface area (Å²) in [5, 5.41) is 10.6. The predicted octanol–water partition coefficient (Wildman–Crippen LogP) is 21.3. The molecular weight excluding hydrogens is 1220 g/mol. The van der Waals surface area contributed by atoms with Crippen LogP contribution in [0.3, 0.4) is 0 Å². The average molecular weight is 1370 g/mol. The third kappa shape index (κ3) is 67.0. The normalized spacial score (nSPS) is 14.5. The number of hydrogen-bond donors (Lipinski definition) is 3. The van der Waals surface area contributed by atoms with Crippen molar-refractivity contribution in [2.24, 2.45) is 23.7 Å². The number of aliphatic hydroxyl groups excluding tert-OH is 1. The Hall–Kier alpha value is -1.94. The molecule has 19 heteroatoms. The lowest BCUT2D eigenvalue weighted by Gasteiger charge is -2.21. The van der Waals surface area contributed by atoms with Gasteiger partial charge < -0.3 is 33.8 Å². The highest BCUT2D eigenvalue weighted by molar-refractivity contribution is 7.47. The Morgan fingerprint density at radius 3 is 0.763 bits per heavy atom. The van der Waals surface area contributed by atoms with Crippen LogP contribution in [-0.4, -0.2) is 96.7 Å². The zero-order chi connectivity index (χ0) is 68.9. The van der Waals surface area contributed by atoms with Gasteiger partial charge in [-0.2, -0.15) is 0 Å². The van der Waals surface area contributed by atoms with Crippen LogP contribution in [0, 0.1) is 23.7 Å². The number of ether oxygens (including phenoxy) is 4. The Morgan fingerprint density at radius 2 is 0.516 bits per heavy atom. The highest BCUT2D eigenvalue weighted by Crippen LogP contribution is 2.45. The van der Waals surface area contributed by atoms with Gasteiger partial charge in [0, 0.05) is 25.7 Å². The third-order valence-corrected chi connectivity index (χ3v) is 19.3. The monoisotopic (exact) mass is 1370 g/mol. The summed E-state index contributed by atoms with van der Waals surface area (Å²) in [6.45, 7) is 14.1. The number of rotatable bonds is 71. The van der Waals surface area contributed by atoms with Crippen molar-refractivity contribution in [3.8, 4) is 0 Å². The minimum Gasteiger partial charge on any atom is -0.462 e. The molecule has 0 rings (SSSR count). The molecule has 0 bridgehead atoms. The largest absolute Gasteiger partial charge is 0.472 e. The minimum absolute atomic E-state index is 0.104. The first-order chi connectivity index (χ1) is 44.6. The highest BCUT2D eigenvalue weighted by Gasteiger charge is 2.30. The van der Waals surface area contributed by atoms with Gasteiger partial charge in [0.2, 0.25) is 0 Å². The molecular formula is C74H144O17P2. The van der Waals surface area contributed by atoms with Crippen molar-refractivity contribution in [2.75, 3.05) is 39.6 Å². The fourth-order valence-corrected chi connectivity index (χ4v) is 12.7. The molecule has 0 saturated carbocycles. The summed E-state index contributed by atoms with van der Waals surface area (Å²) < 4.78 is 68.4. The maximum Gasteiger partial charge on any atom is 0.472 e. The standard InChI is InChI=1S/C74H144O17P2/c1-9-67(8)53-45-37-32-33-39-47-55-72(77)85-61-70(90-73(78)56-48-40-30-23-19-15-17-21-27-35-43-51-65(4)5)63-89-93(82,83)87-59-68(75)58-86-92(80,81)88-62-69(91-74(79)57-49-41-31-25-24-28-36-44-52-66(6)7)60-84-71(76)54-46-38-29-22-18-14-12-10-11-13-16-20-26-34-42-50-64(2)3/h64-70,75H,9-63H2,1-8H3,(H,80,81)(H,82,83)/t67?,68-,69-,70-/m1/s1. The lowest BCUT2D eigenvalue weighted by atomic mass is 10.00. The summed E-state index contributed by atoms with van der Waals surface area (Å²) in [6.07, 6.45) is 47.3. The molecule has 6 atom stereocenters. The summed E-state index contributed by atoms with van der Waals surface area (Å²) in [5.74, 6) is 0.895. The Kier molecular flexibility index (Phi) is 62.2. The van der Waals surface area contributed by atoms with Crippen LogP contribution in [0.2, 0.25) is 0 Å². The molecule has 0 aromatic carbocycles. The van der Waals surface area contributed by atoms with Crippen LogP contribution in [0.15, 0.2) is 0 Å². The van der Waals surface area contributed by atoms with Crippen LogP contribution in [-0.2, 0) is 65.4 Å². The van der Waals surface area contributed by atoms with Gasteiger partial charge in [0.05, 0.1) is 26.4 Å². The second kappa shape index (κ2) is 63.5. The van der Waals surface area contributed by atoms with E-state index in [1.54, 1.807) is 0 Å². The Balaban J connectivity index is 5.21. The number of esters is 4. The molecule has 3 N–H and O–H groups in total. The van der Waals surface area contributed by atoms with E-state index in [4.69, 9.17) is 37.0 Å². The zero-order valence-electron chi connectivity index (χ0n) is 60.9. The van der Waals surface area contributed by atoms with Gasteiger partial charge in [0.1, 0.15) is 19.3 Å². The Bertz CT molecular complexity index is 1840. The summed E-state index contributed by atoms with van der Waals surface area (Å²) in [7, 11) is -9.91. The first-order valence-corrected chi connectivity index (χ1v) is 41.2. The van der Waals surface area contributed by atoms with Gasteiger partial charge in [0.15, 0.2) is 12.2 Å². The van der Waals surface area contributed by atoms with E-state index in [1.165, 1.54) is 167 Å². The van der Waals surface area contributed by atoms with Crippen molar-refractivity contribution in [2.45, 2.75) is 388 Å². The molecule has 0 amide bonds. The number of aliphatic hydroxyl groups is 1. The van der Waals surface area contributed by atoms with E-state index in [2.05, 4.69) is 55.4 Å². The highest BCUT2D eigenvalue weighted by atomic mass is 31.2. The molecule has 93 heavy (non-hydrogen) atoms. The SMILES string of the molecule is CCC(C)CCCCCCCCC(=O)OC[C@H](COP(=O)(O)OC[C@H](O)COP(=O)(O)OC[C@@H](COC(=O)CCCCCCCCCCCCCCCCCC(C)C)OC(=O)CCCCCCCCCCC(C)C)OC(=O)CCCCCCCCCCCCCC(C)C. The van der Waals surface area contributed by atoms with E-state index >= 15 is 0 Å². The third-order valence-electron chi connectivity index (χ3n) is 17.4. The van der Waals surface area contributed by atoms with Gasteiger partial charge in [-0.1, -0.05) is 319 Å². The fraction of sp³-hybridized carbons (Fsp3) is 0.946. The van der Waals surface area contributed by atoms with E-state index in [0.717, 1.165) is 120 Å². The minimum atomic E-state index is -4.96. The molecule has 0 radical (unpaired) electrons. The van der Waals surface area contributed by atoms with Gasteiger partial charge >= 0.3 is 39.5 Å². The van der Waals surface area contributed by atoms with Crippen molar-refractivity contribution in [1.29, 1.82) is 0 Å². The van der Waals surface area contributed by atoms with E-state index in [-0.39, 0.29) is 25.7 Å². The van der Waals surface area contributed by atoms with E-state index in [0.29, 0.717) is 25.7 Å². The molecule has 0 fully saturated rings. The Morgan fingerprint density at radius 1 is 0.301 bits per heavy atom. The lowest BCUT2D eigenvalue weighted by molar-refractivity contribution is -0.161. The maximum absolute atomic E-state index is 13.0. The van der Waals surface area contributed by atoms with Crippen molar-refractivity contribution in [3.63, 3.8) is 0 Å². The van der Waals surface area contributed by atoms with Crippen molar-refractivity contribution < 1.29 is 80.2 Å². The van der Waals surface area contributed by atoms with Gasteiger partial charge in [-0.3, -0.25) is 37.3 Å². The topological polar surface area (TPSA) is 237 Å². The number of phosphoric ester groups is 2. The van der Waals surface area contributed by atoms with Gasteiger partial charge in [0.25, 0.3) is 0 Å². The van der Waals surface area contributed by atoms with Crippen molar-refractivity contribution >= 4 is 39.5 Å². The average Bonchev–Trinajstić information content (AvgIpc) is 1.84. The molecule has 0 aromatic heterocycles. The van der Waals surface area contributed by atoms with Gasteiger partial charge in [-0.25, -0.2) is 9.13 Å². The Labute approximate surface area is 568 Å². The van der Waals surface area contributed by atoms with Crippen molar-refractivity contribution in [1.82, 2.24) is 0 Å². The molecule has 0 heterocycles. The first kappa shape index (κ1) is 91.1. The fourth-order valence-electron chi connectivity index (χ4n) is 11.2. The first-order valence-electron chi connectivity index (χ1n) is 38.2. The molecule has 3 unspecified atom stereocenters. The van der Waals surface area contributed by atoms with Crippen LogP contribution >= 0.6 is 15.6 Å². The second-order valence-electron chi connectivity index (χ2n) is 28.4. The number of phosphoric acid groups is 2. The number of carbonyl (C=O) groups excluding carboxylic acids is 4. The lowest BCUT2D eigenvalue weighted by Crippen LogP contribution is -2.30. The number of unbranched alkanes of at least 4 members (excludes halogenated alkanes) is 36. The molecule has 0 spiro atoms. The molecule has 0 aliphatic rings. The smallest absolute Gasteiger partial charge is 0.462 e. The predicted molar refractivity (Wildman–Crippen MR) is 377 cm³/mol. The molecule has 0 aliphatic carbocycles. The molecule has 17 nitrogen and oxygen atoms in total.